The molecule has 1 aliphatic rings. The van der Waals surface area contributed by atoms with Gasteiger partial charge in [0, 0.05) is 0 Å². The van der Waals surface area contributed by atoms with Crippen LogP contribution in [0.2, 0.25) is 0 Å². The lowest BCUT2D eigenvalue weighted by atomic mass is 10.0. The molecule has 0 saturated heterocycles. The average molecular weight is 193 g/mol. The largest absolute Gasteiger partial charge is 0.0885 e. The van der Waals surface area contributed by atoms with Crippen LogP contribution < -0.4 is 0 Å². The van der Waals surface area contributed by atoms with Crippen LogP contribution in [0.3, 0.4) is 0 Å². The minimum atomic E-state index is 1.26. The molecule has 0 heteroatoms. The zero-order valence-electron chi connectivity index (χ0n) is 9.51. The fraction of sp³-hybridized carbons (Fsp3) is 0.786. The molecule has 0 saturated carbocycles. The predicted octanol–water partition coefficient (Wildman–Crippen LogP) is 5.05. The van der Waals surface area contributed by atoms with Gasteiger partial charge in [0.25, 0.3) is 0 Å². The highest BCUT2D eigenvalue weighted by molar-refractivity contribution is 4.83. The van der Waals surface area contributed by atoms with Gasteiger partial charge in [-0.2, -0.15) is 0 Å². The van der Waals surface area contributed by atoms with E-state index in [9.17, 15) is 0 Å². The Morgan fingerprint density at radius 1 is 0.429 bits per heavy atom. The third-order valence-electron chi connectivity index (χ3n) is 2.98. The molecule has 0 atom stereocenters. The molecular weight excluding hydrogens is 168 g/mol. The van der Waals surface area contributed by atoms with Crippen molar-refractivity contribution < 1.29 is 0 Å². The molecule has 1 aliphatic carbocycles. The summed E-state index contributed by atoms with van der Waals surface area (Å²) in [5, 5.41) is 0. The fourth-order valence-electron chi connectivity index (χ4n) is 2.03. The normalized spacial score (nSPS) is 22.9. The van der Waals surface area contributed by atoms with E-state index >= 15 is 0 Å². The van der Waals surface area contributed by atoms with Crippen LogP contribution in [0.25, 0.3) is 0 Å². The second-order valence-electron chi connectivity index (χ2n) is 4.39. The quantitative estimate of drug-likeness (QED) is 0.472. The zero-order chi connectivity index (χ0) is 9.90. The van der Waals surface area contributed by atoms with Crippen molar-refractivity contribution in [2.75, 3.05) is 0 Å². The van der Waals surface area contributed by atoms with Gasteiger partial charge in [0.2, 0.25) is 0 Å². The number of allylic oxidation sites excluding steroid dienone is 2. The van der Waals surface area contributed by atoms with Gasteiger partial charge in [-0.3, -0.25) is 0 Å². The monoisotopic (exact) mass is 193 g/mol. The molecule has 0 unspecified atom stereocenters. The van der Waals surface area contributed by atoms with Crippen LogP contribution in [0.1, 0.15) is 70.6 Å². The summed E-state index contributed by atoms with van der Waals surface area (Å²) in [6.07, 6.45) is 22.5. The summed E-state index contributed by atoms with van der Waals surface area (Å²) in [6, 6.07) is 0. The van der Waals surface area contributed by atoms with Crippen LogP contribution in [0.15, 0.2) is 12.2 Å². The first-order valence-electron chi connectivity index (χ1n) is 6.47. The molecule has 0 aromatic carbocycles. The minimum absolute atomic E-state index is 1.26. The Kier molecular flexibility index (Phi) is 7.85. The Bertz CT molecular complexity index is 119. The number of rotatable bonds is 0. The van der Waals surface area contributed by atoms with Crippen molar-refractivity contribution in [2.24, 2.45) is 0 Å². The molecule has 0 heterocycles. The average Bonchev–Trinajstić information content (AvgIpc) is 2.22. The Hall–Kier alpha value is -0.260. The third kappa shape index (κ3) is 7.17. The molecule has 0 spiro atoms. The van der Waals surface area contributed by atoms with Crippen molar-refractivity contribution in [3.8, 4) is 0 Å². The first-order chi connectivity index (χ1) is 7.00. The lowest BCUT2D eigenvalue weighted by Crippen LogP contribution is -1.83. The van der Waals surface area contributed by atoms with Crippen molar-refractivity contribution in [3.05, 3.63) is 18.6 Å². The van der Waals surface area contributed by atoms with E-state index in [0.717, 1.165) is 0 Å². The van der Waals surface area contributed by atoms with Crippen molar-refractivity contribution in [1.82, 2.24) is 0 Å². The summed E-state index contributed by atoms with van der Waals surface area (Å²) >= 11 is 0. The summed E-state index contributed by atoms with van der Waals surface area (Å²) < 4.78 is 0. The maximum absolute atomic E-state index is 2.47. The zero-order valence-corrected chi connectivity index (χ0v) is 9.51. The molecule has 1 rings (SSSR count). The molecule has 0 nitrogen and oxygen atoms in total. The molecule has 0 amide bonds. The minimum Gasteiger partial charge on any atom is -0.0885 e. The van der Waals surface area contributed by atoms with E-state index in [4.69, 9.17) is 0 Å². The summed E-state index contributed by atoms with van der Waals surface area (Å²) in [5.74, 6) is 0. The van der Waals surface area contributed by atoms with E-state index in [1.54, 1.807) is 0 Å². The van der Waals surface area contributed by atoms with E-state index in [1.807, 2.05) is 0 Å². The van der Waals surface area contributed by atoms with Gasteiger partial charge in [-0.05, 0) is 32.1 Å². The second-order valence-corrected chi connectivity index (χ2v) is 4.39. The molecule has 0 aromatic rings. The Morgan fingerprint density at radius 2 is 1.00 bits per heavy atom. The van der Waals surface area contributed by atoms with Gasteiger partial charge < -0.3 is 0 Å². The van der Waals surface area contributed by atoms with E-state index in [2.05, 4.69) is 18.6 Å². The first-order valence-corrected chi connectivity index (χ1v) is 6.47. The van der Waals surface area contributed by atoms with Gasteiger partial charge in [-0.25, -0.2) is 0 Å². The van der Waals surface area contributed by atoms with Crippen molar-refractivity contribution >= 4 is 0 Å². The molecule has 0 aliphatic heterocycles. The molecule has 81 valence electrons. The Balaban J connectivity index is 2.09. The van der Waals surface area contributed by atoms with Gasteiger partial charge in [0.15, 0.2) is 0 Å². The molecular formula is C14H25. The highest BCUT2D eigenvalue weighted by Gasteiger charge is 1.93. The van der Waals surface area contributed by atoms with E-state index in [-0.39, 0.29) is 0 Å². The highest BCUT2D eigenvalue weighted by Crippen LogP contribution is 2.12. The lowest BCUT2D eigenvalue weighted by molar-refractivity contribution is 0.575. The lowest BCUT2D eigenvalue weighted by Gasteiger charge is -2.02. The standard InChI is InChI=1S/C14H25/c1-2-4-6-8-10-12-14-13-11-9-7-5-3-1/h1-2,7H,3-6,8-14H2. The molecule has 14 heavy (non-hydrogen) atoms. The molecule has 1 radical (unpaired) electrons. The van der Waals surface area contributed by atoms with Gasteiger partial charge >= 0.3 is 0 Å². The van der Waals surface area contributed by atoms with Gasteiger partial charge in [-0.15, -0.1) is 0 Å². The maximum Gasteiger partial charge on any atom is -0.0348 e. The van der Waals surface area contributed by atoms with Crippen LogP contribution in [0, 0.1) is 6.42 Å². The van der Waals surface area contributed by atoms with Crippen molar-refractivity contribution in [1.29, 1.82) is 0 Å². The van der Waals surface area contributed by atoms with Crippen LogP contribution in [-0.2, 0) is 0 Å². The topological polar surface area (TPSA) is 0 Å². The van der Waals surface area contributed by atoms with Crippen molar-refractivity contribution in [2.45, 2.75) is 70.6 Å². The highest BCUT2D eigenvalue weighted by atomic mass is 14.0. The number of hydrogen-bond acceptors (Lipinski definition) is 0. The van der Waals surface area contributed by atoms with Crippen LogP contribution >= 0.6 is 0 Å². The predicted molar refractivity (Wildman–Crippen MR) is 64.2 cm³/mol. The van der Waals surface area contributed by atoms with Gasteiger partial charge in [-0.1, -0.05) is 57.1 Å². The third-order valence-corrected chi connectivity index (χ3v) is 2.98. The van der Waals surface area contributed by atoms with Crippen LogP contribution in [0.5, 0.6) is 0 Å². The summed E-state index contributed by atoms with van der Waals surface area (Å²) in [6.45, 7) is 0. The van der Waals surface area contributed by atoms with E-state index < -0.39 is 0 Å². The molecule has 0 fully saturated rings. The van der Waals surface area contributed by atoms with Crippen LogP contribution in [-0.4, -0.2) is 0 Å². The Labute approximate surface area is 89.8 Å². The van der Waals surface area contributed by atoms with Gasteiger partial charge in [0.1, 0.15) is 0 Å². The van der Waals surface area contributed by atoms with E-state index in [1.165, 1.54) is 70.6 Å². The summed E-state index contributed by atoms with van der Waals surface area (Å²) in [4.78, 5) is 0. The van der Waals surface area contributed by atoms with Gasteiger partial charge in [0.05, 0.1) is 0 Å². The van der Waals surface area contributed by atoms with Crippen LogP contribution in [0.4, 0.5) is 0 Å². The Morgan fingerprint density at radius 3 is 1.79 bits per heavy atom. The molecule has 0 N–H and O–H groups in total. The summed E-state index contributed by atoms with van der Waals surface area (Å²) in [5.41, 5.74) is 0. The molecule has 0 bridgehead atoms. The SMILES string of the molecule is [CH]1CCC=CCCCCCCCCC1. The second kappa shape index (κ2) is 9.30. The smallest absolute Gasteiger partial charge is 0.0348 e. The first kappa shape index (κ1) is 11.8. The maximum atomic E-state index is 2.47. The summed E-state index contributed by atoms with van der Waals surface area (Å²) in [7, 11) is 0. The van der Waals surface area contributed by atoms with E-state index in [0.29, 0.717) is 0 Å². The van der Waals surface area contributed by atoms with Crippen molar-refractivity contribution in [3.63, 3.8) is 0 Å². The number of hydrogen-bond donors (Lipinski definition) is 0. The fourth-order valence-corrected chi connectivity index (χ4v) is 2.03. The molecule has 0 aromatic heterocycles.